The number of fused-ring (bicyclic) bond motifs is 13. The van der Waals surface area contributed by atoms with Crippen LogP contribution in [0.3, 0.4) is 0 Å². The van der Waals surface area contributed by atoms with Gasteiger partial charge in [0, 0.05) is 55.3 Å². The Kier molecular flexibility index (Phi) is 9.51. The number of anilines is 4. The number of rotatable bonds is 7. The predicted molar refractivity (Wildman–Crippen MR) is 310 cm³/mol. The van der Waals surface area contributed by atoms with Gasteiger partial charge in [-0.15, -0.1) is 0 Å². The number of nitrogens with zero attached hydrogens (tertiary/aromatic N) is 2. The molecule has 13 aromatic rings. The summed E-state index contributed by atoms with van der Waals surface area (Å²) in [6, 6.07) is 81.0. The molecule has 0 saturated heterocycles. The van der Waals surface area contributed by atoms with Crippen LogP contribution in [-0.2, 0) is 0 Å². The molecule has 2 aromatic heterocycles. The van der Waals surface area contributed by atoms with E-state index in [-0.39, 0.29) is 6.04 Å². The SMILES string of the molecule is Cc1ccc2c(c1)=CN(c1cccc3c1oc1cc(-c4ccccc4)c4cc(N(c5ccccc5)c5ccc(-c6ccccc6)cc5)c5ccc6c7cc(-c8ccccc8)ccc7oc6c5c4c13)C1C=CC=CC=21. The second kappa shape index (κ2) is 16.7. The summed E-state index contributed by atoms with van der Waals surface area (Å²) in [4.78, 5) is 4.82. The zero-order chi connectivity index (χ0) is 48.9. The maximum absolute atomic E-state index is 7.39. The van der Waals surface area contributed by atoms with Crippen LogP contribution in [0.15, 0.2) is 258 Å². The first-order valence-corrected chi connectivity index (χ1v) is 25.4. The molecule has 0 radical (unpaired) electrons. The number of hydrogen-bond acceptors (Lipinski definition) is 4. The Morgan fingerprint density at radius 1 is 0.432 bits per heavy atom. The van der Waals surface area contributed by atoms with Crippen molar-refractivity contribution in [3.63, 3.8) is 0 Å². The van der Waals surface area contributed by atoms with Gasteiger partial charge in [0.1, 0.15) is 16.7 Å². The minimum atomic E-state index is -0.00397. The second-order valence-electron chi connectivity index (χ2n) is 19.6. The lowest BCUT2D eigenvalue weighted by molar-refractivity contribution is 0.668. The van der Waals surface area contributed by atoms with Crippen LogP contribution < -0.4 is 20.2 Å². The first kappa shape index (κ1) is 42.1. The van der Waals surface area contributed by atoms with Crippen molar-refractivity contribution >= 4 is 99.9 Å². The normalized spacial score (nSPS) is 14.1. The van der Waals surface area contributed by atoms with Crippen molar-refractivity contribution in [3.05, 3.63) is 265 Å². The third-order valence-electron chi connectivity index (χ3n) is 15.3. The van der Waals surface area contributed by atoms with Crippen molar-refractivity contribution in [2.24, 2.45) is 0 Å². The van der Waals surface area contributed by atoms with Crippen molar-refractivity contribution < 1.29 is 8.83 Å². The summed E-state index contributed by atoms with van der Waals surface area (Å²) in [5, 5.41) is 11.0. The van der Waals surface area contributed by atoms with Gasteiger partial charge in [-0.25, -0.2) is 0 Å². The van der Waals surface area contributed by atoms with Gasteiger partial charge in [0.25, 0.3) is 0 Å². The molecule has 0 bridgehead atoms. The summed E-state index contributed by atoms with van der Waals surface area (Å²) >= 11 is 0. The fourth-order valence-electron chi connectivity index (χ4n) is 11.9. The van der Waals surface area contributed by atoms with Crippen molar-refractivity contribution in [2.75, 3.05) is 9.80 Å². The Morgan fingerprint density at radius 2 is 1.09 bits per heavy atom. The fourth-order valence-corrected chi connectivity index (χ4v) is 11.9. The van der Waals surface area contributed by atoms with Gasteiger partial charge in [-0.1, -0.05) is 188 Å². The van der Waals surface area contributed by atoms with Gasteiger partial charge in [-0.05, 0) is 128 Å². The Hall–Kier alpha value is -9.64. The maximum Gasteiger partial charge on any atom is 0.159 e. The molecule has 2 aliphatic rings. The topological polar surface area (TPSA) is 32.8 Å². The molecule has 1 unspecified atom stereocenters. The summed E-state index contributed by atoms with van der Waals surface area (Å²) in [6.07, 6.45) is 11.2. The average Bonchev–Trinajstić information content (AvgIpc) is 4.10. The Balaban J connectivity index is 1.08. The average molecular weight is 947 g/mol. The summed E-state index contributed by atoms with van der Waals surface area (Å²) < 4.78 is 14.7. The third kappa shape index (κ3) is 6.62. The summed E-state index contributed by atoms with van der Waals surface area (Å²) in [5.74, 6) is 0. The van der Waals surface area contributed by atoms with E-state index in [1.165, 1.54) is 27.1 Å². The first-order chi connectivity index (χ1) is 36.6. The molecule has 0 N–H and O–H groups in total. The van der Waals surface area contributed by atoms with E-state index in [0.717, 1.165) is 116 Å². The van der Waals surface area contributed by atoms with Crippen LogP contribution in [-0.4, -0.2) is 6.04 Å². The molecule has 11 aromatic carbocycles. The Labute approximate surface area is 427 Å². The van der Waals surface area contributed by atoms with E-state index in [1.807, 2.05) is 0 Å². The molecule has 1 aliphatic carbocycles. The lowest BCUT2D eigenvalue weighted by Crippen LogP contribution is -2.44. The van der Waals surface area contributed by atoms with Gasteiger partial charge in [-0.2, -0.15) is 0 Å². The van der Waals surface area contributed by atoms with E-state index in [4.69, 9.17) is 8.83 Å². The number of benzene rings is 11. The predicted octanol–water partition coefficient (Wildman–Crippen LogP) is 17.5. The molecule has 348 valence electrons. The summed E-state index contributed by atoms with van der Waals surface area (Å²) in [7, 11) is 0. The second-order valence-corrected chi connectivity index (χ2v) is 19.6. The van der Waals surface area contributed by atoms with Crippen molar-refractivity contribution in [1.29, 1.82) is 0 Å². The number of para-hydroxylation sites is 2. The van der Waals surface area contributed by atoms with Gasteiger partial charge < -0.3 is 18.6 Å². The van der Waals surface area contributed by atoms with E-state index in [0.29, 0.717) is 0 Å². The fraction of sp³-hybridized carbons (Fsp3) is 0.0286. The Bertz CT molecular complexity index is 4590. The number of aryl methyl sites for hydroxylation is 1. The molecule has 0 spiro atoms. The van der Waals surface area contributed by atoms with Crippen LogP contribution >= 0.6 is 0 Å². The number of furan rings is 2. The molecule has 4 nitrogen and oxygen atoms in total. The van der Waals surface area contributed by atoms with Crippen LogP contribution in [0.25, 0.3) is 111 Å². The van der Waals surface area contributed by atoms with Crippen LogP contribution in [0.2, 0.25) is 0 Å². The van der Waals surface area contributed by atoms with Gasteiger partial charge in [0.2, 0.25) is 0 Å². The molecule has 0 fully saturated rings. The highest BCUT2D eigenvalue weighted by Crippen LogP contribution is 2.52. The number of allylic oxidation sites excluding steroid dienone is 2. The maximum atomic E-state index is 7.39. The standard InChI is InChI=1S/C70H46N2O2/c1-44-29-35-53-50(39-44)43-71(61-27-15-14-25-54(53)61)62-28-16-26-57-66-65(74-69(57)62)42-58(48-21-10-4-11-22-48)60-41-63(72(51-23-12-5-13-24-51)52-33-30-47(31-34-52)45-17-6-2-7-18-45)56-37-36-55-59-40-49(46-19-8-3-9-20-46)32-38-64(59)73-70(55)68(56)67(60)66/h2-43,61H,1H3. The molecule has 4 heteroatoms. The van der Waals surface area contributed by atoms with Crippen LogP contribution in [0.4, 0.5) is 22.7 Å². The van der Waals surface area contributed by atoms with Crippen LogP contribution in [0.5, 0.6) is 0 Å². The van der Waals surface area contributed by atoms with E-state index >= 15 is 0 Å². The van der Waals surface area contributed by atoms with E-state index in [9.17, 15) is 0 Å². The zero-order valence-electron chi connectivity index (χ0n) is 40.5. The van der Waals surface area contributed by atoms with Gasteiger partial charge in [-0.3, -0.25) is 0 Å². The van der Waals surface area contributed by atoms with E-state index in [2.05, 4.69) is 272 Å². The quantitative estimate of drug-likeness (QED) is 0.149. The highest BCUT2D eigenvalue weighted by Gasteiger charge is 2.29. The summed E-state index contributed by atoms with van der Waals surface area (Å²) in [5.41, 5.74) is 16.8. The lowest BCUT2D eigenvalue weighted by Gasteiger charge is -2.33. The summed E-state index contributed by atoms with van der Waals surface area (Å²) in [6.45, 7) is 2.17. The van der Waals surface area contributed by atoms with Crippen molar-refractivity contribution in [3.8, 4) is 33.4 Å². The minimum absolute atomic E-state index is 0.00397. The van der Waals surface area contributed by atoms with Crippen molar-refractivity contribution in [2.45, 2.75) is 13.0 Å². The minimum Gasteiger partial charge on any atom is -0.455 e. The molecule has 15 rings (SSSR count). The van der Waals surface area contributed by atoms with Gasteiger partial charge in [0.05, 0.1) is 17.4 Å². The number of hydrogen-bond donors (Lipinski definition) is 0. The van der Waals surface area contributed by atoms with Gasteiger partial charge >= 0.3 is 0 Å². The largest absolute Gasteiger partial charge is 0.455 e. The van der Waals surface area contributed by atoms with E-state index < -0.39 is 0 Å². The highest BCUT2D eigenvalue weighted by molar-refractivity contribution is 6.36. The first-order valence-electron chi connectivity index (χ1n) is 25.4. The molecule has 3 heterocycles. The molecule has 74 heavy (non-hydrogen) atoms. The Morgan fingerprint density at radius 3 is 1.86 bits per heavy atom. The highest BCUT2D eigenvalue weighted by atomic mass is 16.3. The van der Waals surface area contributed by atoms with E-state index in [1.54, 1.807) is 0 Å². The van der Waals surface area contributed by atoms with Crippen LogP contribution in [0.1, 0.15) is 5.56 Å². The molecule has 0 amide bonds. The molecule has 0 saturated carbocycles. The molecular weight excluding hydrogens is 901 g/mol. The lowest BCUT2D eigenvalue weighted by atomic mass is 9.89. The molecule has 1 aliphatic heterocycles. The van der Waals surface area contributed by atoms with Crippen molar-refractivity contribution in [1.82, 2.24) is 0 Å². The van der Waals surface area contributed by atoms with Gasteiger partial charge in [0.15, 0.2) is 5.58 Å². The zero-order valence-corrected chi connectivity index (χ0v) is 40.5. The smallest absolute Gasteiger partial charge is 0.159 e. The molecular formula is C70H46N2O2. The molecule has 1 atom stereocenters. The monoisotopic (exact) mass is 946 g/mol. The third-order valence-corrected chi connectivity index (χ3v) is 15.3. The van der Waals surface area contributed by atoms with Crippen LogP contribution in [0, 0.1) is 6.92 Å².